The normalized spacial score (nSPS) is 15.8. The number of thiophene rings is 1. The Kier molecular flexibility index (Phi) is 7.09. The molecule has 1 heterocycles. The zero-order chi connectivity index (χ0) is 20.8. The average molecular weight is 414 g/mol. The third-order valence-electron chi connectivity index (χ3n) is 4.89. The first-order chi connectivity index (χ1) is 14.0. The summed E-state index contributed by atoms with van der Waals surface area (Å²) in [6, 6.07) is 7.53. The van der Waals surface area contributed by atoms with E-state index in [-0.39, 0.29) is 11.9 Å². The molecule has 5 nitrogen and oxygen atoms in total. The van der Waals surface area contributed by atoms with E-state index >= 15 is 0 Å². The van der Waals surface area contributed by atoms with Crippen LogP contribution < -0.4 is 10.1 Å². The predicted molar refractivity (Wildman–Crippen MR) is 117 cm³/mol. The first kappa shape index (κ1) is 21.1. The van der Waals surface area contributed by atoms with Gasteiger partial charge in [0.1, 0.15) is 10.8 Å². The monoisotopic (exact) mass is 413 g/mol. The van der Waals surface area contributed by atoms with Gasteiger partial charge >= 0.3 is 5.97 Å². The summed E-state index contributed by atoms with van der Waals surface area (Å²) >= 11 is 1.49. The van der Waals surface area contributed by atoms with Crippen LogP contribution >= 0.6 is 11.3 Å². The van der Waals surface area contributed by atoms with Crippen molar-refractivity contribution in [3.8, 4) is 5.75 Å². The molecule has 0 fully saturated rings. The van der Waals surface area contributed by atoms with Crippen LogP contribution in [0.4, 0.5) is 5.00 Å². The standard InChI is InChI=1S/C23H27NO4S/c1-4-27-17-12-9-16(10-13-17)11-14-19(25)24-22-21(23(26)28-5-2)20-15(3)7-6-8-18(20)29-22/h9-15H,4-8H2,1-3H3,(H,24,25). The van der Waals surface area contributed by atoms with Crippen LogP contribution in [0.3, 0.4) is 0 Å². The van der Waals surface area contributed by atoms with Crippen molar-refractivity contribution >= 4 is 34.3 Å². The number of fused-ring (bicyclic) bond motifs is 1. The number of carbonyl (C=O) groups excluding carboxylic acids is 2. The lowest BCUT2D eigenvalue weighted by molar-refractivity contribution is -0.111. The van der Waals surface area contributed by atoms with Crippen molar-refractivity contribution < 1.29 is 19.1 Å². The number of benzene rings is 1. The molecule has 0 saturated heterocycles. The van der Waals surface area contributed by atoms with Gasteiger partial charge in [0.15, 0.2) is 0 Å². The van der Waals surface area contributed by atoms with Crippen molar-refractivity contribution in [2.75, 3.05) is 18.5 Å². The lowest BCUT2D eigenvalue weighted by Crippen LogP contribution is -2.15. The fourth-order valence-electron chi connectivity index (χ4n) is 3.57. The number of ether oxygens (including phenoxy) is 2. The van der Waals surface area contributed by atoms with Gasteiger partial charge in [0, 0.05) is 11.0 Å². The molecule has 1 aromatic heterocycles. The molecule has 1 aromatic carbocycles. The summed E-state index contributed by atoms with van der Waals surface area (Å²) in [5, 5.41) is 3.48. The van der Waals surface area contributed by atoms with Gasteiger partial charge in [0.25, 0.3) is 0 Å². The van der Waals surface area contributed by atoms with Gasteiger partial charge in [-0.2, -0.15) is 0 Å². The number of anilines is 1. The molecule has 0 spiro atoms. The third-order valence-corrected chi connectivity index (χ3v) is 6.07. The summed E-state index contributed by atoms with van der Waals surface area (Å²) in [6.07, 6.45) is 6.30. The zero-order valence-corrected chi connectivity index (χ0v) is 17.9. The molecule has 0 radical (unpaired) electrons. The maximum Gasteiger partial charge on any atom is 0.341 e. The van der Waals surface area contributed by atoms with Crippen molar-refractivity contribution in [1.82, 2.24) is 0 Å². The van der Waals surface area contributed by atoms with Gasteiger partial charge in [-0.1, -0.05) is 19.1 Å². The molecule has 1 amide bonds. The maximum absolute atomic E-state index is 12.6. The Labute approximate surface area is 175 Å². The van der Waals surface area contributed by atoms with Gasteiger partial charge < -0.3 is 14.8 Å². The topological polar surface area (TPSA) is 64.6 Å². The Balaban J connectivity index is 1.78. The number of rotatable bonds is 7. The van der Waals surface area contributed by atoms with Crippen LogP contribution in [0.1, 0.15) is 65.9 Å². The first-order valence-electron chi connectivity index (χ1n) is 10.1. The van der Waals surface area contributed by atoms with Crippen LogP contribution in [-0.2, 0) is 16.0 Å². The van der Waals surface area contributed by atoms with Gasteiger partial charge in [0.05, 0.1) is 18.8 Å². The second-order valence-corrected chi connectivity index (χ2v) is 8.09. The highest BCUT2D eigenvalue weighted by Gasteiger charge is 2.30. The van der Waals surface area contributed by atoms with Gasteiger partial charge in [-0.15, -0.1) is 11.3 Å². The molecule has 0 bridgehead atoms. The van der Waals surface area contributed by atoms with Gasteiger partial charge in [-0.05, 0) is 68.4 Å². The van der Waals surface area contributed by atoms with Crippen molar-refractivity contribution in [1.29, 1.82) is 0 Å². The molecule has 29 heavy (non-hydrogen) atoms. The molecule has 3 rings (SSSR count). The fraction of sp³-hybridized carbons (Fsp3) is 0.391. The van der Waals surface area contributed by atoms with Crippen LogP contribution in [-0.4, -0.2) is 25.1 Å². The summed E-state index contributed by atoms with van der Waals surface area (Å²) in [7, 11) is 0. The number of aryl methyl sites for hydroxylation is 1. The van der Waals surface area contributed by atoms with E-state index in [4.69, 9.17) is 9.47 Å². The van der Waals surface area contributed by atoms with Crippen LogP contribution in [0.25, 0.3) is 6.08 Å². The number of hydrogen-bond donors (Lipinski definition) is 1. The minimum Gasteiger partial charge on any atom is -0.494 e. The lowest BCUT2D eigenvalue weighted by atomic mass is 9.86. The van der Waals surface area contributed by atoms with E-state index in [1.807, 2.05) is 31.2 Å². The number of esters is 1. The van der Waals surface area contributed by atoms with Crippen LogP contribution in [0.5, 0.6) is 5.75 Å². The van der Waals surface area contributed by atoms with Crippen LogP contribution in [0, 0.1) is 0 Å². The Morgan fingerprint density at radius 3 is 2.66 bits per heavy atom. The van der Waals surface area contributed by atoms with Crippen LogP contribution in [0.15, 0.2) is 30.3 Å². The summed E-state index contributed by atoms with van der Waals surface area (Å²) in [5.74, 6) is 0.464. The Hall–Kier alpha value is -2.60. The molecule has 1 aliphatic rings. The molecule has 1 aliphatic carbocycles. The predicted octanol–water partition coefficient (Wildman–Crippen LogP) is 5.42. The first-order valence-corrected chi connectivity index (χ1v) is 10.9. The molecular formula is C23H27NO4S. The SMILES string of the molecule is CCOC(=O)c1c(NC(=O)C=Cc2ccc(OCC)cc2)sc2c1C(C)CCC2. The molecule has 2 aromatic rings. The zero-order valence-electron chi connectivity index (χ0n) is 17.1. The van der Waals surface area contributed by atoms with Gasteiger partial charge in [-0.25, -0.2) is 4.79 Å². The number of amides is 1. The molecule has 154 valence electrons. The van der Waals surface area contributed by atoms with E-state index in [1.165, 1.54) is 22.3 Å². The van der Waals surface area contributed by atoms with E-state index in [1.54, 1.807) is 13.0 Å². The number of hydrogen-bond acceptors (Lipinski definition) is 5. The highest BCUT2D eigenvalue weighted by atomic mass is 32.1. The van der Waals surface area contributed by atoms with E-state index in [9.17, 15) is 9.59 Å². The molecule has 1 atom stereocenters. The number of carbonyl (C=O) groups is 2. The maximum atomic E-state index is 12.6. The highest BCUT2D eigenvalue weighted by molar-refractivity contribution is 7.17. The van der Waals surface area contributed by atoms with Gasteiger partial charge in [0.2, 0.25) is 5.91 Å². The molecule has 0 aliphatic heterocycles. The lowest BCUT2D eigenvalue weighted by Gasteiger charge is -2.19. The second kappa shape index (κ2) is 9.74. The van der Waals surface area contributed by atoms with E-state index in [2.05, 4.69) is 12.2 Å². The minimum atomic E-state index is -0.357. The Morgan fingerprint density at radius 1 is 1.21 bits per heavy atom. The molecule has 0 saturated carbocycles. The average Bonchev–Trinajstić information content (AvgIpc) is 3.07. The molecule has 6 heteroatoms. The number of nitrogens with one attached hydrogen (secondary N) is 1. The molecule has 1 N–H and O–H groups in total. The molecular weight excluding hydrogens is 386 g/mol. The Bertz CT molecular complexity index is 898. The third kappa shape index (κ3) is 5.07. The van der Waals surface area contributed by atoms with E-state index < -0.39 is 0 Å². The van der Waals surface area contributed by atoms with Crippen LogP contribution in [0.2, 0.25) is 0 Å². The van der Waals surface area contributed by atoms with E-state index in [0.717, 1.165) is 36.1 Å². The smallest absolute Gasteiger partial charge is 0.341 e. The summed E-state index contributed by atoms with van der Waals surface area (Å²) < 4.78 is 10.7. The summed E-state index contributed by atoms with van der Waals surface area (Å²) in [6.45, 7) is 6.78. The largest absolute Gasteiger partial charge is 0.494 e. The Morgan fingerprint density at radius 2 is 1.97 bits per heavy atom. The second-order valence-electron chi connectivity index (χ2n) is 6.98. The van der Waals surface area contributed by atoms with E-state index in [0.29, 0.717) is 29.7 Å². The van der Waals surface area contributed by atoms with Gasteiger partial charge in [-0.3, -0.25) is 4.79 Å². The highest BCUT2D eigenvalue weighted by Crippen LogP contribution is 2.43. The van der Waals surface area contributed by atoms with Crippen molar-refractivity contribution in [2.45, 2.75) is 46.0 Å². The summed E-state index contributed by atoms with van der Waals surface area (Å²) in [4.78, 5) is 26.3. The van der Waals surface area contributed by atoms with Crippen molar-refractivity contribution in [3.05, 3.63) is 51.9 Å². The van der Waals surface area contributed by atoms with Crippen molar-refractivity contribution in [2.24, 2.45) is 0 Å². The quantitative estimate of drug-likeness (QED) is 0.486. The fourth-order valence-corrected chi connectivity index (χ4v) is 4.93. The summed E-state index contributed by atoms with van der Waals surface area (Å²) in [5.41, 5.74) is 2.47. The van der Waals surface area contributed by atoms with Crippen molar-refractivity contribution in [3.63, 3.8) is 0 Å². The molecule has 1 unspecified atom stereocenters. The minimum absolute atomic E-state index is 0.268.